The number of benzene rings is 2. The number of aromatic nitrogens is 2. The highest BCUT2D eigenvalue weighted by molar-refractivity contribution is 7.54. The van der Waals surface area contributed by atoms with E-state index in [1.807, 2.05) is 54.3 Å². The number of rotatable bonds is 11. The predicted octanol–water partition coefficient (Wildman–Crippen LogP) is 4.35. The minimum atomic E-state index is -3.89. The van der Waals surface area contributed by atoms with Gasteiger partial charge in [-0.1, -0.05) is 61.9 Å². The van der Waals surface area contributed by atoms with Crippen LogP contribution >= 0.6 is 7.60 Å². The van der Waals surface area contributed by atoms with E-state index < -0.39 is 37.7 Å². The first-order valence-corrected chi connectivity index (χ1v) is 18.7. The number of nitrogens with zero attached hydrogens (tertiary/aromatic N) is 5. The summed E-state index contributed by atoms with van der Waals surface area (Å²) in [5.74, 6) is 0.189. The molecule has 1 N–H and O–H groups in total. The number of hydrogen-bond acceptors (Lipinski definition) is 11. The number of piperazine rings is 1. The number of carbonyl (C=O) groups excluding carboxylic acids is 3. The summed E-state index contributed by atoms with van der Waals surface area (Å²) in [6.07, 6.45) is 1.68. The van der Waals surface area contributed by atoms with Gasteiger partial charge in [-0.15, -0.1) is 0 Å². The molecule has 3 amide bonds. The first-order chi connectivity index (χ1) is 24.2. The Hall–Kier alpha value is -4.52. The molecular formula is C35H43N6O8P. The number of hydrogen-bond donors (Lipinski definition) is 1. The van der Waals surface area contributed by atoms with Gasteiger partial charge in [-0.3, -0.25) is 14.1 Å². The van der Waals surface area contributed by atoms with Crippen LogP contribution in [0.3, 0.4) is 0 Å². The van der Waals surface area contributed by atoms with Gasteiger partial charge in [0.2, 0.25) is 5.91 Å². The molecular weight excluding hydrogens is 663 g/mol. The van der Waals surface area contributed by atoms with Crippen LogP contribution in [-0.2, 0) is 30.0 Å². The van der Waals surface area contributed by atoms with Gasteiger partial charge < -0.3 is 34.0 Å². The van der Waals surface area contributed by atoms with Crippen LogP contribution in [0.5, 0.6) is 5.75 Å². The topological polar surface area (TPSA) is 153 Å². The van der Waals surface area contributed by atoms with Gasteiger partial charge in [0, 0.05) is 63.6 Å². The zero-order chi connectivity index (χ0) is 35.1. The van der Waals surface area contributed by atoms with E-state index in [1.54, 1.807) is 35.1 Å². The largest absolute Gasteiger partial charge is 0.449 e. The van der Waals surface area contributed by atoms with E-state index >= 15 is 0 Å². The van der Waals surface area contributed by atoms with Crippen molar-refractivity contribution < 1.29 is 37.5 Å². The number of carbonyl (C=O) groups is 3. The third kappa shape index (κ3) is 8.43. The van der Waals surface area contributed by atoms with Gasteiger partial charge in [-0.25, -0.2) is 19.3 Å². The van der Waals surface area contributed by atoms with Gasteiger partial charge in [-0.05, 0) is 18.9 Å². The normalized spacial score (nSPS) is 20.8. The number of nitrogens with one attached hydrogen (secondary N) is 1. The molecule has 1 unspecified atom stereocenters. The molecule has 3 aromatic rings. The van der Waals surface area contributed by atoms with Gasteiger partial charge in [0.25, 0.3) is 5.91 Å². The average molecular weight is 707 g/mol. The van der Waals surface area contributed by atoms with Crippen LogP contribution < -0.4 is 14.7 Å². The Balaban J connectivity index is 1.25. The minimum Gasteiger partial charge on any atom is -0.449 e. The van der Waals surface area contributed by atoms with E-state index in [0.29, 0.717) is 37.1 Å². The molecule has 4 heterocycles. The lowest BCUT2D eigenvalue weighted by atomic mass is 10.2. The fourth-order valence-corrected chi connectivity index (χ4v) is 7.81. The fraction of sp³-hybridized carbons (Fsp3) is 0.457. The summed E-state index contributed by atoms with van der Waals surface area (Å²) < 4.78 is 36.5. The summed E-state index contributed by atoms with van der Waals surface area (Å²) in [5.41, 5.74) is 1.49. The summed E-state index contributed by atoms with van der Waals surface area (Å²) in [5, 5.41) is 2.81. The van der Waals surface area contributed by atoms with Gasteiger partial charge in [0.15, 0.2) is 5.82 Å². The molecule has 0 spiro atoms. The van der Waals surface area contributed by atoms with E-state index in [4.69, 9.17) is 23.5 Å². The molecule has 2 fully saturated rings. The maximum Gasteiger partial charge on any atom is 0.409 e. The molecule has 2 aromatic carbocycles. The van der Waals surface area contributed by atoms with Crippen molar-refractivity contribution >= 4 is 31.3 Å². The van der Waals surface area contributed by atoms with Gasteiger partial charge in [0.1, 0.15) is 23.3 Å². The maximum absolute atomic E-state index is 14.1. The van der Waals surface area contributed by atoms with Crippen molar-refractivity contribution in [2.45, 2.75) is 44.9 Å². The Labute approximate surface area is 291 Å². The second-order valence-corrected chi connectivity index (χ2v) is 14.5. The lowest BCUT2D eigenvalue weighted by molar-refractivity contribution is -0.134. The van der Waals surface area contributed by atoms with Crippen molar-refractivity contribution in [3.05, 3.63) is 71.9 Å². The van der Waals surface area contributed by atoms with Crippen LogP contribution in [0, 0.1) is 0 Å². The standard InChI is InChI=1S/C35H43N6O8P/c1-3-4-20-47-35(44)40-18-16-39(17-19-40)34(43)29(24-50(45)48-23-26-12-8-9-13-30(26)49-50)37-33(42)28-21-31(41-15-14-27(22-41)46-2)38-32(36-28)25-10-6-5-7-11-25/h5-13,21,27,29H,3-4,14-20,22-24H2,1-2H3,(H,37,42)/t27-,29-,50?/m0/s1. The molecule has 266 valence electrons. The van der Waals surface area contributed by atoms with Crippen LogP contribution in [-0.4, -0.2) is 109 Å². The Morgan fingerprint density at radius 2 is 1.74 bits per heavy atom. The smallest absolute Gasteiger partial charge is 0.409 e. The first-order valence-electron chi connectivity index (χ1n) is 17.0. The quantitative estimate of drug-likeness (QED) is 0.224. The molecule has 0 bridgehead atoms. The molecule has 6 rings (SSSR count). The highest BCUT2D eigenvalue weighted by Crippen LogP contribution is 2.54. The molecule has 0 aliphatic carbocycles. The van der Waals surface area contributed by atoms with Crippen LogP contribution in [0.15, 0.2) is 60.7 Å². The second-order valence-electron chi connectivity index (χ2n) is 12.5. The van der Waals surface area contributed by atoms with Crippen LogP contribution in [0.1, 0.15) is 42.2 Å². The summed E-state index contributed by atoms with van der Waals surface area (Å²) in [4.78, 5) is 55.2. The van der Waals surface area contributed by atoms with Crippen molar-refractivity contribution in [2.24, 2.45) is 0 Å². The number of fused-ring (bicyclic) bond motifs is 1. The first kappa shape index (κ1) is 35.3. The number of amides is 3. The van der Waals surface area contributed by atoms with Gasteiger partial charge in [0.05, 0.1) is 25.5 Å². The van der Waals surface area contributed by atoms with E-state index in [-0.39, 0.29) is 44.6 Å². The second kappa shape index (κ2) is 16.0. The lowest BCUT2D eigenvalue weighted by Crippen LogP contribution is -2.57. The van der Waals surface area contributed by atoms with Crippen LogP contribution in [0.25, 0.3) is 11.4 Å². The molecule has 0 saturated carbocycles. The lowest BCUT2D eigenvalue weighted by Gasteiger charge is -2.36. The molecule has 0 radical (unpaired) electrons. The molecule has 2 saturated heterocycles. The summed E-state index contributed by atoms with van der Waals surface area (Å²) in [6, 6.07) is 16.7. The maximum atomic E-state index is 14.1. The minimum absolute atomic E-state index is 0.0286. The Kier molecular flexibility index (Phi) is 11.3. The summed E-state index contributed by atoms with van der Waals surface area (Å²) in [7, 11) is -2.23. The van der Waals surface area contributed by atoms with Crippen LogP contribution in [0.4, 0.5) is 10.6 Å². The van der Waals surface area contributed by atoms with Gasteiger partial charge in [-0.2, -0.15) is 0 Å². The molecule has 3 aliphatic rings. The molecule has 1 aromatic heterocycles. The monoisotopic (exact) mass is 706 g/mol. The van der Waals surface area contributed by atoms with Gasteiger partial charge >= 0.3 is 13.7 Å². The zero-order valence-corrected chi connectivity index (χ0v) is 29.3. The van der Waals surface area contributed by atoms with E-state index in [2.05, 4.69) is 10.3 Å². The molecule has 3 aliphatic heterocycles. The van der Waals surface area contributed by atoms with E-state index in [9.17, 15) is 18.9 Å². The van der Waals surface area contributed by atoms with Crippen molar-refractivity contribution in [1.82, 2.24) is 25.1 Å². The number of unbranched alkanes of at least 4 members (excludes halogenated alkanes) is 1. The Bertz CT molecular complexity index is 1720. The van der Waals surface area contributed by atoms with E-state index in [0.717, 1.165) is 30.4 Å². The van der Waals surface area contributed by atoms with Crippen molar-refractivity contribution in [3.8, 4) is 17.1 Å². The highest BCUT2D eigenvalue weighted by atomic mass is 31.2. The number of para-hydroxylation sites is 1. The zero-order valence-electron chi connectivity index (χ0n) is 28.4. The van der Waals surface area contributed by atoms with E-state index in [1.165, 1.54) is 0 Å². The average Bonchev–Trinajstić information content (AvgIpc) is 3.64. The Morgan fingerprint density at radius 3 is 2.48 bits per heavy atom. The van der Waals surface area contributed by atoms with Crippen molar-refractivity contribution in [2.75, 3.05) is 64.0 Å². The number of methoxy groups -OCH3 is 1. The molecule has 14 nitrogen and oxygen atoms in total. The predicted molar refractivity (Wildman–Crippen MR) is 185 cm³/mol. The number of ether oxygens (including phenoxy) is 2. The molecule has 3 atom stereocenters. The van der Waals surface area contributed by atoms with Crippen molar-refractivity contribution in [3.63, 3.8) is 0 Å². The SMILES string of the molecule is CCCCOC(=O)N1CCN(C(=O)[C@H](CP2(=O)OCc3ccccc3O2)NC(=O)c2cc(N3CC[C@H](OC)C3)nc(-c3ccccc3)n2)CC1. The van der Waals surface area contributed by atoms with Crippen molar-refractivity contribution in [1.29, 1.82) is 0 Å². The fourth-order valence-electron chi connectivity index (χ4n) is 6.07. The molecule has 15 heteroatoms. The third-order valence-corrected chi connectivity index (χ3v) is 10.8. The summed E-state index contributed by atoms with van der Waals surface area (Å²) >= 11 is 0. The third-order valence-electron chi connectivity index (χ3n) is 8.99. The Morgan fingerprint density at radius 1 is 1.00 bits per heavy atom. The van der Waals surface area contributed by atoms with Crippen LogP contribution in [0.2, 0.25) is 0 Å². The summed E-state index contributed by atoms with van der Waals surface area (Å²) in [6.45, 7) is 4.58. The number of anilines is 1. The molecule has 50 heavy (non-hydrogen) atoms. The highest BCUT2D eigenvalue weighted by Gasteiger charge is 2.41.